The van der Waals surface area contributed by atoms with Crippen molar-refractivity contribution in [3.8, 4) is 0 Å². The normalized spacial score (nSPS) is 23.9. The number of likely N-dealkylation sites (N-methyl/N-ethyl adjacent to an activating group) is 1. The van der Waals surface area contributed by atoms with Crippen molar-refractivity contribution in [2.24, 2.45) is 10.9 Å². The number of hydrogen-bond acceptors (Lipinski definition) is 2. The lowest BCUT2D eigenvalue weighted by Crippen LogP contribution is -2.48. The van der Waals surface area contributed by atoms with Crippen molar-refractivity contribution in [3.05, 3.63) is 53.7 Å². The number of nitrogens with one attached hydrogen (secondary N) is 1. The number of aromatic amines is 1. The molecule has 136 valence electrons. The molecule has 0 radical (unpaired) electrons. The van der Waals surface area contributed by atoms with Gasteiger partial charge in [-0.25, -0.2) is 4.90 Å². The predicted molar refractivity (Wildman–Crippen MR) is 106 cm³/mol. The van der Waals surface area contributed by atoms with Gasteiger partial charge in [-0.3, -0.25) is 9.48 Å². The van der Waals surface area contributed by atoms with E-state index in [0.29, 0.717) is 12.0 Å². The molecule has 1 aromatic carbocycles. The summed E-state index contributed by atoms with van der Waals surface area (Å²) in [6.45, 7) is 6.57. The molecule has 2 aliphatic rings. The Kier molecular flexibility index (Phi) is 4.89. The Balaban J connectivity index is 1.43. The molecule has 4 rings (SSSR count). The van der Waals surface area contributed by atoms with E-state index in [4.69, 9.17) is 0 Å². The molecule has 1 aromatic heterocycles. The second kappa shape index (κ2) is 7.46. The van der Waals surface area contributed by atoms with Crippen molar-refractivity contribution >= 4 is 18.5 Å². The zero-order chi connectivity index (χ0) is 17.9. The first-order valence-corrected chi connectivity index (χ1v) is 9.48. The molecule has 26 heavy (non-hydrogen) atoms. The predicted octanol–water partition coefficient (Wildman–Crippen LogP) is 3.07. The summed E-state index contributed by atoms with van der Waals surface area (Å²) in [4.78, 5) is 12.4. The topological polar surface area (TPSA) is 37.6 Å². The highest BCUT2D eigenvalue weighted by Crippen LogP contribution is 2.23. The van der Waals surface area contributed by atoms with Crippen molar-refractivity contribution in [1.82, 2.24) is 14.8 Å². The van der Waals surface area contributed by atoms with Gasteiger partial charge in [0.25, 0.3) is 0 Å². The highest BCUT2D eigenvalue weighted by atomic mass is 15.3. The number of piperidine rings is 1. The van der Waals surface area contributed by atoms with Crippen LogP contribution in [0.15, 0.2) is 47.6 Å². The highest BCUT2D eigenvalue weighted by Gasteiger charge is 2.30. The van der Waals surface area contributed by atoms with Crippen LogP contribution in [0.5, 0.6) is 0 Å². The first-order chi connectivity index (χ1) is 12.7. The molecule has 5 heteroatoms. The van der Waals surface area contributed by atoms with Gasteiger partial charge in [0.15, 0.2) is 6.34 Å². The number of aromatic nitrogens is 1. The first-order valence-electron chi connectivity index (χ1n) is 9.48. The molecule has 2 aromatic rings. The SMILES string of the molecule is CC1CCN(Cc2ccccc2)CC1[N+](C)=CN1C=Nc2[nH]ccc2C1. The van der Waals surface area contributed by atoms with Crippen LogP contribution in [0.4, 0.5) is 5.82 Å². The number of fused-ring (bicyclic) bond motifs is 1. The molecule has 2 unspecified atom stereocenters. The lowest BCUT2D eigenvalue weighted by atomic mass is 9.93. The quantitative estimate of drug-likeness (QED) is 0.523. The van der Waals surface area contributed by atoms with Gasteiger partial charge in [0.2, 0.25) is 6.34 Å². The van der Waals surface area contributed by atoms with Gasteiger partial charge in [0, 0.05) is 24.8 Å². The Hall–Kier alpha value is -2.40. The molecule has 3 heterocycles. The van der Waals surface area contributed by atoms with E-state index in [1.165, 1.54) is 24.1 Å². The average molecular weight is 350 g/mol. The minimum atomic E-state index is 0.522. The van der Waals surface area contributed by atoms with Gasteiger partial charge < -0.3 is 4.98 Å². The minimum absolute atomic E-state index is 0.522. The fourth-order valence-electron chi connectivity index (χ4n) is 4.03. The van der Waals surface area contributed by atoms with E-state index in [9.17, 15) is 0 Å². The third-order valence-electron chi connectivity index (χ3n) is 5.60. The molecule has 1 fully saturated rings. The summed E-state index contributed by atoms with van der Waals surface area (Å²) >= 11 is 0. The van der Waals surface area contributed by atoms with Gasteiger partial charge in [0.1, 0.15) is 18.4 Å². The fraction of sp³-hybridized carbons (Fsp3) is 0.429. The number of rotatable bonds is 4. The van der Waals surface area contributed by atoms with Gasteiger partial charge in [0.05, 0.1) is 7.05 Å². The third-order valence-corrected chi connectivity index (χ3v) is 5.60. The van der Waals surface area contributed by atoms with E-state index < -0.39 is 0 Å². The number of nitrogens with zero attached hydrogens (tertiary/aromatic N) is 4. The molecule has 0 spiro atoms. The maximum Gasteiger partial charge on any atom is 0.240 e. The summed E-state index contributed by atoms with van der Waals surface area (Å²) in [5, 5.41) is 0. The second-order valence-corrected chi connectivity index (χ2v) is 7.60. The first kappa shape index (κ1) is 17.0. The number of hydrogen-bond donors (Lipinski definition) is 1. The van der Waals surface area contributed by atoms with Crippen molar-refractivity contribution < 1.29 is 4.58 Å². The van der Waals surface area contributed by atoms with E-state index in [-0.39, 0.29) is 0 Å². The molecule has 0 saturated carbocycles. The maximum absolute atomic E-state index is 4.50. The number of likely N-dealkylation sites (tertiary alicyclic amines) is 1. The summed E-state index contributed by atoms with van der Waals surface area (Å²) < 4.78 is 2.38. The lowest BCUT2D eigenvalue weighted by molar-refractivity contribution is -0.549. The van der Waals surface area contributed by atoms with Gasteiger partial charge in [-0.2, -0.15) is 4.99 Å². The highest BCUT2D eigenvalue weighted by molar-refractivity contribution is 5.77. The Morgan fingerprint density at radius 1 is 1.27 bits per heavy atom. The fourth-order valence-corrected chi connectivity index (χ4v) is 4.03. The van der Waals surface area contributed by atoms with Crippen LogP contribution in [0.2, 0.25) is 0 Å². The van der Waals surface area contributed by atoms with Crippen molar-refractivity contribution in [2.45, 2.75) is 32.5 Å². The van der Waals surface area contributed by atoms with E-state index in [0.717, 1.165) is 25.5 Å². The minimum Gasteiger partial charge on any atom is -0.346 e. The maximum atomic E-state index is 4.50. The van der Waals surface area contributed by atoms with E-state index in [1.54, 1.807) is 0 Å². The van der Waals surface area contributed by atoms with Crippen LogP contribution in [0.3, 0.4) is 0 Å². The number of benzene rings is 1. The standard InChI is InChI=1S/C21H28N5/c1-17-9-11-25(12-18-6-4-3-5-7-18)14-20(17)24(2)16-26-13-19-8-10-22-21(19)23-15-26/h3-8,10,15-17,20,22H,9,11-14H2,1-2H3/q+1. The molecular weight excluding hydrogens is 322 g/mol. The zero-order valence-corrected chi connectivity index (χ0v) is 15.7. The number of H-pyrrole nitrogens is 1. The summed E-state index contributed by atoms with van der Waals surface area (Å²) in [6, 6.07) is 13.4. The van der Waals surface area contributed by atoms with Crippen LogP contribution < -0.4 is 0 Å². The molecule has 2 aliphatic heterocycles. The number of aliphatic imine (C=N–C) groups is 1. The molecule has 0 aliphatic carbocycles. The van der Waals surface area contributed by atoms with Crippen LogP contribution in [0.1, 0.15) is 24.5 Å². The monoisotopic (exact) mass is 350 g/mol. The second-order valence-electron chi connectivity index (χ2n) is 7.60. The third kappa shape index (κ3) is 3.73. The Bertz CT molecular complexity index is 792. The molecule has 5 nitrogen and oxygen atoms in total. The van der Waals surface area contributed by atoms with E-state index >= 15 is 0 Å². The van der Waals surface area contributed by atoms with Crippen LogP contribution in [0.25, 0.3) is 0 Å². The lowest BCUT2D eigenvalue weighted by Gasteiger charge is -2.36. The van der Waals surface area contributed by atoms with Gasteiger partial charge in [-0.1, -0.05) is 37.3 Å². The van der Waals surface area contributed by atoms with Crippen LogP contribution in [-0.4, -0.2) is 58.2 Å². The summed E-state index contributed by atoms with van der Waals surface area (Å²) in [6.07, 6.45) is 7.34. The molecule has 1 saturated heterocycles. The zero-order valence-electron chi connectivity index (χ0n) is 15.7. The van der Waals surface area contributed by atoms with Crippen LogP contribution >= 0.6 is 0 Å². The van der Waals surface area contributed by atoms with Crippen LogP contribution in [0, 0.1) is 5.92 Å². The molecule has 2 atom stereocenters. The van der Waals surface area contributed by atoms with Crippen molar-refractivity contribution in [2.75, 3.05) is 20.1 Å². The molecular formula is C21H28N5+. The van der Waals surface area contributed by atoms with Gasteiger partial charge in [-0.15, -0.1) is 0 Å². The van der Waals surface area contributed by atoms with E-state index in [2.05, 4.69) is 81.1 Å². The Morgan fingerprint density at radius 3 is 2.96 bits per heavy atom. The summed E-state index contributed by atoms with van der Waals surface area (Å²) in [5.41, 5.74) is 2.65. The summed E-state index contributed by atoms with van der Waals surface area (Å²) in [7, 11) is 2.20. The molecule has 0 amide bonds. The van der Waals surface area contributed by atoms with Crippen molar-refractivity contribution in [3.63, 3.8) is 0 Å². The van der Waals surface area contributed by atoms with E-state index in [1.807, 2.05) is 12.5 Å². The Labute approximate surface area is 155 Å². The average Bonchev–Trinajstić information content (AvgIpc) is 3.12. The molecule has 1 N–H and O–H groups in total. The van der Waals surface area contributed by atoms with Crippen LogP contribution in [-0.2, 0) is 13.1 Å². The van der Waals surface area contributed by atoms with Gasteiger partial charge >= 0.3 is 0 Å². The van der Waals surface area contributed by atoms with Gasteiger partial charge in [-0.05, 0) is 30.5 Å². The summed E-state index contributed by atoms with van der Waals surface area (Å²) in [5.74, 6) is 1.67. The Morgan fingerprint density at radius 2 is 2.12 bits per heavy atom. The van der Waals surface area contributed by atoms with Crippen molar-refractivity contribution in [1.29, 1.82) is 0 Å². The molecule has 0 bridgehead atoms. The smallest absolute Gasteiger partial charge is 0.240 e. The largest absolute Gasteiger partial charge is 0.346 e.